The van der Waals surface area contributed by atoms with E-state index in [0.29, 0.717) is 36.6 Å². The molecule has 4 aromatic rings. The van der Waals surface area contributed by atoms with Crippen LogP contribution in [0.1, 0.15) is 25.4 Å². The summed E-state index contributed by atoms with van der Waals surface area (Å²) in [6, 6.07) is 8.15. The van der Waals surface area contributed by atoms with E-state index in [9.17, 15) is 0 Å². The van der Waals surface area contributed by atoms with Crippen LogP contribution in [0.5, 0.6) is 0 Å². The van der Waals surface area contributed by atoms with E-state index in [0.717, 1.165) is 41.8 Å². The van der Waals surface area contributed by atoms with Crippen LogP contribution in [-0.4, -0.2) is 55.8 Å². The first kappa shape index (κ1) is 19.3. The van der Waals surface area contributed by atoms with Gasteiger partial charge in [-0.3, -0.25) is 4.57 Å². The zero-order chi connectivity index (χ0) is 21.2. The summed E-state index contributed by atoms with van der Waals surface area (Å²) < 4.78 is 7.44. The van der Waals surface area contributed by atoms with Crippen molar-refractivity contribution in [3.8, 4) is 29.2 Å². The average molecular weight is 413 g/mol. The molecule has 0 aliphatic carbocycles. The molecule has 5 rings (SSSR count). The van der Waals surface area contributed by atoms with Gasteiger partial charge in [0, 0.05) is 48.4 Å². The molecule has 1 aliphatic rings. The number of anilines is 1. The van der Waals surface area contributed by atoms with Crippen molar-refractivity contribution in [3.63, 3.8) is 0 Å². The number of aromatic nitrogens is 6. The van der Waals surface area contributed by atoms with E-state index < -0.39 is 0 Å². The molecule has 1 fully saturated rings. The van der Waals surface area contributed by atoms with Crippen LogP contribution in [0.4, 0.5) is 5.95 Å². The van der Waals surface area contributed by atoms with Crippen LogP contribution >= 0.6 is 0 Å². The normalized spacial score (nSPS) is 13.9. The zero-order valence-corrected chi connectivity index (χ0v) is 17.6. The van der Waals surface area contributed by atoms with Gasteiger partial charge in [0.25, 0.3) is 0 Å². The fourth-order valence-electron chi connectivity index (χ4n) is 3.80. The van der Waals surface area contributed by atoms with Crippen LogP contribution in [0.2, 0.25) is 0 Å². The quantitative estimate of drug-likeness (QED) is 0.518. The molecule has 1 N–H and O–H groups in total. The Morgan fingerprint density at radius 1 is 1.06 bits per heavy atom. The van der Waals surface area contributed by atoms with Gasteiger partial charge in [-0.2, -0.15) is 15.0 Å². The van der Waals surface area contributed by atoms with Crippen LogP contribution in [0.3, 0.4) is 0 Å². The lowest BCUT2D eigenvalue weighted by atomic mass is 10.1. The number of imidazole rings is 1. The smallest absolute Gasteiger partial charge is 0.240 e. The van der Waals surface area contributed by atoms with Crippen molar-refractivity contribution in [1.82, 2.24) is 29.5 Å². The third kappa shape index (κ3) is 3.64. The molecule has 1 aromatic carbocycles. The molecule has 156 valence electrons. The van der Waals surface area contributed by atoms with Crippen molar-refractivity contribution >= 4 is 16.9 Å². The number of H-pyrrole nitrogens is 1. The second-order valence-electron chi connectivity index (χ2n) is 7.24. The molecule has 0 saturated carbocycles. The summed E-state index contributed by atoms with van der Waals surface area (Å²) in [5.74, 6) is 8.64. The minimum absolute atomic E-state index is 0.549. The van der Waals surface area contributed by atoms with Gasteiger partial charge in [-0.1, -0.05) is 25.0 Å². The van der Waals surface area contributed by atoms with Crippen molar-refractivity contribution in [1.29, 1.82) is 0 Å². The number of hydrogen-bond donors (Lipinski definition) is 1. The lowest BCUT2D eigenvalue weighted by molar-refractivity contribution is 0.122. The molecule has 3 aromatic heterocycles. The molecule has 31 heavy (non-hydrogen) atoms. The van der Waals surface area contributed by atoms with Crippen molar-refractivity contribution in [2.24, 2.45) is 0 Å². The van der Waals surface area contributed by atoms with Crippen LogP contribution in [0.25, 0.3) is 28.2 Å². The van der Waals surface area contributed by atoms with Gasteiger partial charge in [0.05, 0.1) is 13.2 Å². The van der Waals surface area contributed by atoms with Gasteiger partial charge < -0.3 is 14.6 Å². The number of hydrogen-bond acceptors (Lipinski definition) is 6. The highest BCUT2D eigenvalue weighted by molar-refractivity contribution is 5.93. The Morgan fingerprint density at radius 3 is 2.71 bits per heavy atom. The summed E-state index contributed by atoms with van der Waals surface area (Å²) in [4.78, 5) is 24.6. The number of fused-ring (bicyclic) bond motifs is 1. The maximum Gasteiger partial charge on any atom is 0.240 e. The van der Waals surface area contributed by atoms with Crippen LogP contribution < -0.4 is 4.90 Å². The first-order chi connectivity index (χ1) is 15.3. The van der Waals surface area contributed by atoms with Crippen molar-refractivity contribution in [2.75, 3.05) is 31.2 Å². The van der Waals surface area contributed by atoms with Crippen LogP contribution in [-0.2, 0) is 11.2 Å². The highest BCUT2D eigenvalue weighted by atomic mass is 16.5. The molecule has 1 saturated heterocycles. The number of nitrogens with one attached hydrogen (secondary N) is 1. The van der Waals surface area contributed by atoms with Gasteiger partial charge >= 0.3 is 0 Å². The molecule has 0 bridgehead atoms. The number of nitrogens with zero attached hydrogens (tertiary/aromatic N) is 6. The Morgan fingerprint density at radius 2 is 1.90 bits per heavy atom. The first-order valence-corrected chi connectivity index (χ1v) is 10.4. The van der Waals surface area contributed by atoms with Gasteiger partial charge in [0.2, 0.25) is 11.9 Å². The Kier molecular flexibility index (Phi) is 5.10. The lowest BCUT2D eigenvalue weighted by Gasteiger charge is -2.27. The second-order valence-corrected chi connectivity index (χ2v) is 7.24. The third-order valence-electron chi connectivity index (χ3n) is 5.31. The summed E-state index contributed by atoms with van der Waals surface area (Å²) in [7, 11) is 0. The maximum absolute atomic E-state index is 5.52. The van der Waals surface area contributed by atoms with E-state index in [4.69, 9.17) is 19.7 Å². The average Bonchev–Trinajstić information content (AvgIpc) is 3.46. The summed E-state index contributed by atoms with van der Waals surface area (Å²) >= 11 is 0. The fraction of sp³-hybridized carbons (Fsp3) is 0.304. The number of benzene rings is 1. The topological polar surface area (TPSA) is 84.8 Å². The van der Waals surface area contributed by atoms with Crippen LogP contribution in [0, 0.1) is 11.8 Å². The Bertz CT molecular complexity index is 1290. The summed E-state index contributed by atoms with van der Waals surface area (Å²) in [5.41, 5.74) is 2.72. The summed E-state index contributed by atoms with van der Waals surface area (Å²) in [6.07, 6.45) is 4.57. The predicted octanol–water partition coefficient (Wildman–Crippen LogP) is 2.98. The van der Waals surface area contributed by atoms with Gasteiger partial charge in [-0.15, -0.1) is 0 Å². The number of ether oxygens (including phenoxy) is 1. The number of rotatable bonds is 4. The summed E-state index contributed by atoms with van der Waals surface area (Å²) in [6.45, 7) is 6.67. The third-order valence-corrected chi connectivity index (χ3v) is 5.31. The lowest BCUT2D eigenvalue weighted by Crippen LogP contribution is -2.37. The van der Waals surface area contributed by atoms with Crippen LogP contribution in [0.15, 0.2) is 36.7 Å². The summed E-state index contributed by atoms with van der Waals surface area (Å²) in [5, 5.41) is 1.08. The van der Waals surface area contributed by atoms with E-state index in [-0.39, 0.29) is 0 Å². The largest absolute Gasteiger partial charge is 0.378 e. The van der Waals surface area contributed by atoms with E-state index >= 15 is 0 Å². The SMILES string of the molecule is CC#Cc1cn(-c2nc(-c3cccc4[nH]ccc34)nc(N3CCOCC3)n2)c(CC)n1. The molecule has 8 nitrogen and oxygen atoms in total. The molecule has 0 unspecified atom stereocenters. The molecule has 0 radical (unpaired) electrons. The molecule has 4 heterocycles. The molecule has 0 amide bonds. The van der Waals surface area contributed by atoms with Gasteiger partial charge in [0.15, 0.2) is 5.82 Å². The van der Waals surface area contributed by atoms with E-state index in [1.54, 1.807) is 6.92 Å². The van der Waals surface area contributed by atoms with Gasteiger partial charge in [-0.25, -0.2) is 4.98 Å². The van der Waals surface area contributed by atoms with Crippen molar-refractivity contribution < 1.29 is 4.74 Å². The first-order valence-electron chi connectivity index (χ1n) is 10.4. The predicted molar refractivity (Wildman–Crippen MR) is 119 cm³/mol. The van der Waals surface area contributed by atoms with E-state index in [2.05, 4.69) is 33.6 Å². The number of aryl methyl sites for hydroxylation is 1. The zero-order valence-electron chi connectivity index (χ0n) is 17.6. The second kappa shape index (κ2) is 8.20. The maximum atomic E-state index is 5.52. The minimum atomic E-state index is 0.549. The monoisotopic (exact) mass is 413 g/mol. The van der Waals surface area contributed by atoms with Gasteiger partial charge in [-0.05, 0) is 25.0 Å². The number of morpholine rings is 1. The molecule has 0 spiro atoms. The fourth-order valence-corrected chi connectivity index (χ4v) is 3.80. The molecular weight excluding hydrogens is 390 g/mol. The molecule has 1 aliphatic heterocycles. The Labute approximate surface area is 180 Å². The Hall–Kier alpha value is -3.70. The minimum Gasteiger partial charge on any atom is -0.378 e. The highest BCUT2D eigenvalue weighted by Gasteiger charge is 2.20. The van der Waals surface area contributed by atoms with Crippen molar-refractivity contribution in [3.05, 3.63) is 48.2 Å². The Balaban J connectivity index is 1.70. The highest BCUT2D eigenvalue weighted by Crippen LogP contribution is 2.27. The van der Waals surface area contributed by atoms with Crippen molar-refractivity contribution in [2.45, 2.75) is 20.3 Å². The molecule has 0 atom stereocenters. The standard InChI is InChI=1S/C23H23N7O/c1-3-6-16-15-30(20(4-2)25-16)23-27-21(18-7-5-8-19-17(18)9-10-24-19)26-22(28-23)29-11-13-31-14-12-29/h5,7-10,15,24H,4,11-14H2,1-2H3. The molecule has 8 heteroatoms. The van der Waals surface area contributed by atoms with Gasteiger partial charge in [0.1, 0.15) is 11.5 Å². The number of aromatic amines is 1. The molecular formula is C23H23N7O. The van der Waals surface area contributed by atoms with E-state index in [1.807, 2.05) is 41.2 Å². The van der Waals surface area contributed by atoms with E-state index in [1.165, 1.54) is 0 Å².